The third kappa shape index (κ3) is 3.42. The Bertz CT molecular complexity index is 725. The van der Waals surface area contributed by atoms with Gasteiger partial charge in [-0.2, -0.15) is 0 Å². The van der Waals surface area contributed by atoms with E-state index in [0.29, 0.717) is 6.04 Å². The Balaban J connectivity index is 2.12. The normalized spacial score (nSPS) is 15.8. The molecule has 1 aliphatic rings. The molecule has 5 heteroatoms. The van der Waals surface area contributed by atoms with Gasteiger partial charge in [-0.05, 0) is 33.6 Å². The largest absolute Gasteiger partial charge is 0.361 e. The standard InChI is InChI=1S/C20H30N4O/c1-12(2)19-21-18(17-14(4)23-25-15(17)5)13(3)20(22-19)24(6)16-10-8-7-9-11-16/h12,16H,7-11H2,1-6H3. The van der Waals surface area contributed by atoms with Gasteiger partial charge < -0.3 is 9.42 Å². The summed E-state index contributed by atoms with van der Waals surface area (Å²) in [6, 6.07) is 0.569. The van der Waals surface area contributed by atoms with Gasteiger partial charge in [-0.3, -0.25) is 0 Å². The highest BCUT2D eigenvalue weighted by Gasteiger charge is 2.25. The maximum absolute atomic E-state index is 5.40. The lowest BCUT2D eigenvalue weighted by atomic mass is 9.94. The van der Waals surface area contributed by atoms with E-state index in [-0.39, 0.29) is 5.92 Å². The number of aryl methyl sites for hydroxylation is 2. The molecule has 0 N–H and O–H groups in total. The first kappa shape index (κ1) is 17.9. The molecule has 0 saturated heterocycles. The van der Waals surface area contributed by atoms with Crippen molar-refractivity contribution in [2.24, 2.45) is 0 Å². The zero-order valence-corrected chi connectivity index (χ0v) is 16.4. The van der Waals surface area contributed by atoms with Crippen molar-refractivity contribution in [3.05, 3.63) is 22.8 Å². The van der Waals surface area contributed by atoms with Crippen LogP contribution in [-0.2, 0) is 0 Å². The molecule has 0 aliphatic heterocycles. The van der Waals surface area contributed by atoms with Crippen molar-refractivity contribution in [2.45, 2.75) is 78.7 Å². The Labute approximate surface area is 150 Å². The minimum absolute atomic E-state index is 0.276. The van der Waals surface area contributed by atoms with Crippen LogP contribution in [0.5, 0.6) is 0 Å². The quantitative estimate of drug-likeness (QED) is 0.787. The maximum Gasteiger partial charge on any atom is 0.143 e. The van der Waals surface area contributed by atoms with Crippen LogP contribution in [0.2, 0.25) is 0 Å². The van der Waals surface area contributed by atoms with Gasteiger partial charge in [0, 0.05) is 24.6 Å². The summed E-state index contributed by atoms with van der Waals surface area (Å²) in [5.74, 6) is 3.04. The minimum atomic E-state index is 0.276. The lowest BCUT2D eigenvalue weighted by molar-refractivity contribution is 0.393. The minimum Gasteiger partial charge on any atom is -0.361 e. The average Bonchev–Trinajstić information content (AvgIpc) is 2.94. The van der Waals surface area contributed by atoms with E-state index >= 15 is 0 Å². The van der Waals surface area contributed by atoms with Gasteiger partial charge >= 0.3 is 0 Å². The third-order valence-electron chi connectivity index (χ3n) is 5.38. The molecule has 2 aromatic heterocycles. The lowest BCUT2D eigenvalue weighted by Crippen LogP contribution is -2.35. The summed E-state index contributed by atoms with van der Waals surface area (Å²) in [5.41, 5.74) is 3.99. The Morgan fingerprint density at radius 3 is 2.28 bits per heavy atom. The summed E-state index contributed by atoms with van der Waals surface area (Å²) in [5, 5.41) is 4.12. The molecule has 0 radical (unpaired) electrons. The summed E-state index contributed by atoms with van der Waals surface area (Å²) >= 11 is 0. The zero-order valence-electron chi connectivity index (χ0n) is 16.4. The van der Waals surface area contributed by atoms with Crippen molar-refractivity contribution in [1.29, 1.82) is 0 Å². The van der Waals surface area contributed by atoms with Crippen molar-refractivity contribution in [3.8, 4) is 11.3 Å². The first-order valence-electron chi connectivity index (χ1n) is 9.44. The molecular weight excluding hydrogens is 312 g/mol. The topological polar surface area (TPSA) is 55.1 Å². The van der Waals surface area contributed by atoms with E-state index in [1.54, 1.807) is 0 Å². The Kier molecular flexibility index (Phi) is 5.11. The van der Waals surface area contributed by atoms with Crippen LogP contribution in [0.4, 0.5) is 5.82 Å². The molecule has 0 atom stereocenters. The van der Waals surface area contributed by atoms with E-state index in [2.05, 4.69) is 37.9 Å². The Morgan fingerprint density at radius 1 is 1.04 bits per heavy atom. The third-order valence-corrected chi connectivity index (χ3v) is 5.38. The molecule has 3 rings (SSSR count). The Hall–Kier alpha value is -1.91. The van der Waals surface area contributed by atoms with Gasteiger partial charge in [0.1, 0.15) is 17.4 Å². The summed E-state index contributed by atoms with van der Waals surface area (Å²) in [6.45, 7) is 10.3. The second-order valence-corrected chi connectivity index (χ2v) is 7.64. The maximum atomic E-state index is 5.40. The van der Waals surface area contributed by atoms with Crippen LogP contribution in [0.25, 0.3) is 11.3 Å². The summed E-state index contributed by atoms with van der Waals surface area (Å²) in [4.78, 5) is 12.2. The second-order valence-electron chi connectivity index (χ2n) is 7.64. The molecule has 25 heavy (non-hydrogen) atoms. The van der Waals surface area contributed by atoms with Crippen LogP contribution < -0.4 is 4.90 Å². The molecule has 0 aromatic carbocycles. The molecule has 2 heterocycles. The Morgan fingerprint density at radius 2 is 1.72 bits per heavy atom. The number of anilines is 1. The van der Waals surface area contributed by atoms with Gasteiger partial charge in [0.05, 0.1) is 17.0 Å². The number of aromatic nitrogens is 3. The summed E-state index contributed by atoms with van der Waals surface area (Å²) in [6.07, 6.45) is 6.48. The van der Waals surface area contributed by atoms with Crippen LogP contribution in [-0.4, -0.2) is 28.2 Å². The van der Waals surface area contributed by atoms with Gasteiger partial charge in [0.25, 0.3) is 0 Å². The van der Waals surface area contributed by atoms with E-state index in [1.165, 1.54) is 32.1 Å². The van der Waals surface area contributed by atoms with Crippen molar-refractivity contribution in [2.75, 3.05) is 11.9 Å². The molecule has 1 saturated carbocycles. The van der Waals surface area contributed by atoms with Crippen molar-refractivity contribution in [1.82, 2.24) is 15.1 Å². The molecule has 1 aliphatic carbocycles. The average molecular weight is 342 g/mol. The molecule has 1 fully saturated rings. The predicted octanol–water partition coefficient (Wildman–Crippen LogP) is 4.95. The molecule has 0 amide bonds. The summed E-state index contributed by atoms with van der Waals surface area (Å²) < 4.78 is 5.40. The predicted molar refractivity (Wildman–Crippen MR) is 101 cm³/mol. The van der Waals surface area contributed by atoms with E-state index < -0.39 is 0 Å². The molecule has 136 valence electrons. The van der Waals surface area contributed by atoms with Gasteiger partial charge in [-0.25, -0.2) is 9.97 Å². The van der Waals surface area contributed by atoms with Crippen molar-refractivity contribution < 1.29 is 4.52 Å². The fourth-order valence-corrected chi connectivity index (χ4v) is 3.83. The number of hydrogen-bond acceptors (Lipinski definition) is 5. The number of nitrogens with zero attached hydrogens (tertiary/aromatic N) is 4. The van der Waals surface area contributed by atoms with Gasteiger partial charge in [0.2, 0.25) is 0 Å². The van der Waals surface area contributed by atoms with Gasteiger partial charge in [-0.1, -0.05) is 38.3 Å². The highest BCUT2D eigenvalue weighted by atomic mass is 16.5. The smallest absolute Gasteiger partial charge is 0.143 e. The molecule has 0 bridgehead atoms. The van der Waals surface area contributed by atoms with Crippen LogP contribution in [0.15, 0.2) is 4.52 Å². The highest BCUT2D eigenvalue weighted by Crippen LogP contribution is 2.35. The second kappa shape index (κ2) is 7.14. The van der Waals surface area contributed by atoms with E-state index in [9.17, 15) is 0 Å². The summed E-state index contributed by atoms with van der Waals surface area (Å²) in [7, 11) is 2.19. The fourth-order valence-electron chi connectivity index (χ4n) is 3.83. The van der Waals surface area contributed by atoms with Gasteiger partial charge in [0.15, 0.2) is 0 Å². The van der Waals surface area contributed by atoms with E-state index in [4.69, 9.17) is 14.5 Å². The van der Waals surface area contributed by atoms with Crippen LogP contribution >= 0.6 is 0 Å². The van der Waals surface area contributed by atoms with Crippen LogP contribution in [0.1, 0.15) is 74.7 Å². The highest BCUT2D eigenvalue weighted by molar-refractivity contribution is 5.71. The fraction of sp³-hybridized carbons (Fsp3) is 0.650. The molecule has 0 spiro atoms. The SMILES string of the molecule is Cc1noc(C)c1-c1nc(C(C)C)nc(N(C)C2CCCCC2)c1C. The molecule has 2 aromatic rings. The van der Waals surface area contributed by atoms with Crippen molar-refractivity contribution in [3.63, 3.8) is 0 Å². The molecule has 0 unspecified atom stereocenters. The molecular formula is C20H30N4O. The zero-order chi connectivity index (χ0) is 18.1. The first-order chi connectivity index (χ1) is 11.9. The van der Waals surface area contributed by atoms with Crippen LogP contribution in [0.3, 0.4) is 0 Å². The van der Waals surface area contributed by atoms with E-state index in [1.807, 2.05) is 13.8 Å². The number of rotatable bonds is 4. The molecule has 5 nitrogen and oxygen atoms in total. The van der Waals surface area contributed by atoms with Gasteiger partial charge in [-0.15, -0.1) is 0 Å². The monoisotopic (exact) mass is 342 g/mol. The number of hydrogen-bond donors (Lipinski definition) is 0. The first-order valence-corrected chi connectivity index (χ1v) is 9.44. The van der Waals surface area contributed by atoms with Crippen LogP contribution in [0, 0.1) is 20.8 Å². The van der Waals surface area contributed by atoms with Crippen molar-refractivity contribution >= 4 is 5.82 Å². The lowest BCUT2D eigenvalue weighted by Gasteiger charge is -2.33. The van der Waals surface area contributed by atoms with E-state index in [0.717, 1.165) is 39.9 Å².